The third-order valence-corrected chi connectivity index (χ3v) is 3.10. The van der Waals surface area contributed by atoms with Crippen LogP contribution in [0.5, 0.6) is 0 Å². The van der Waals surface area contributed by atoms with Crippen molar-refractivity contribution in [2.75, 3.05) is 0 Å². The molecular weight excluding hydrogens is 413 g/mol. The quantitative estimate of drug-likeness (QED) is 0.338. The minimum Gasteiger partial charge on any atom is -0.358 e. The van der Waals surface area contributed by atoms with E-state index in [1.54, 1.807) is 0 Å². The molecule has 1 radical (unpaired) electrons. The van der Waals surface area contributed by atoms with Crippen LogP contribution in [-0.2, 0) is 32.7 Å². The standard InChI is InChI=1S/C18H14.4C2H6.CH3.Y/c1-3-7-15(8-4-1)17-11-13-18(14-12-17)16-9-5-2-6-10-16;4*1-2;;/h1-14H;4*1-2H3;1H3;/q;;;;;-1;. The van der Waals surface area contributed by atoms with Crippen LogP contribution in [-0.4, -0.2) is 0 Å². The molecule has 0 saturated carbocycles. The van der Waals surface area contributed by atoms with E-state index < -0.39 is 0 Å². The van der Waals surface area contributed by atoms with Gasteiger partial charge < -0.3 is 7.43 Å². The molecule has 0 atom stereocenters. The van der Waals surface area contributed by atoms with Crippen molar-refractivity contribution in [1.82, 2.24) is 0 Å². The SMILES string of the molecule is CC.CC.CC.CC.[CH3-].[Y].c1ccc(-c2ccc(-c3ccccc3)cc2)cc1. The zero-order chi connectivity index (χ0) is 20.2. The second-order valence-electron chi connectivity index (χ2n) is 4.31. The van der Waals surface area contributed by atoms with Gasteiger partial charge in [-0.1, -0.05) is 140 Å². The summed E-state index contributed by atoms with van der Waals surface area (Å²) in [4.78, 5) is 0. The Morgan fingerprint density at radius 1 is 0.321 bits per heavy atom. The summed E-state index contributed by atoms with van der Waals surface area (Å²) in [6.45, 7) is 16.0. The van der Waals surface area contributed by atoms with Crippen LogP contribution in [0, 0.1) is 7.43 Å². The molecule has 28 heavy (non-hydrogen) atoms. The van der Waals surface area contributed by atoms with Gasteiger partial charge in [0.1, 0.15) is 0 Å². The minimum atomic E-state index is 0. The van der Waals surface area contributed by atoms with Crippen molar-refractivity contribution in [3.8, 4) is 22.3 Å². The van der Waals surface area contributed by atoms with Gasteiger partial charge in [0.2, 0.25) is 0 Å². The van der Waals surface area contributed by atoms with Gasteiger partial charge in [-0.25, -0.2) is 0 Å². The summed E-state index contributed by atoms with van der Waals surface area (Å²) in [6.07, 6.45) is 0. The monoisotopic (exact) mass is 454 g/mol. The van der Waals surface area contributed by atoms with E-state index in [2.05, 4.69) is 72.8 Å². The van der Waals surface area contributed by atoms with E-state index in [9.17, 15) is 0 Å². The summed E-state index contributed by atoms with van der Waals surface area (Å²) in [7, 11) is 0. The van der Waals surface area contributed by atoms with Gasteiger partial charge in [0.25, 0.3) is 0 Å². The molecule has 0 amide bonds. The molecule has 0 aromatic heterocycles. The summed E-state index contributed by atoms with van der Waals surface area (Å²) in [5, 5.41) is 0. The van der Waals surface area contributed by atoms with Gasteiger partial charge >= 0.3 is 0 Å². The molecule has 3 aromatic rings. The fourth-order valence-electron chi connectivity index (χ4n) is 2.12. The zero-order valence-electron chi connectivity index (χ0n) is 19.7. The minimum absolute atomic E-state index is 0. The Morgan fingerprint density at radius 2 is 0.500 bits per heavy atom. The largest absolute Gasteiger partial charge is 0.358 e. The second-order valence-corrected chi connectivity index (χ2v) is 4.31. The molecule has 0 aliphatic heterocycles. The molecule has 3 rings (SSSR count). The van der Waals surface area contributed by atoms with E-state index >= 15 is 0 Å². The predicted octanol–water partition coefficient (Wildman–Crippen LogP) is 9.57. The van der Waals surface area contributed by atoms with Crippen molar-refractivity contribution >= 4 is 0 Å². The van der Waals surface area contributed by atoms with E-state index in [0.29, 0.717) is 0 Å². The van der Waals surface area contributed by atoms with E-state index in [4.69, 9.17) is 0 Å². The van der Waals surface area contributed by atoms with Crippen LogP contribution in [0.25, 0.3) is 22.3 Å². The Morgan fingerprint density at radius 3 is 0.714 bits per heavy atom. The van der Waals surface area contributed by atoms with Gasteiger partial charge in [0.05, 0.1) is 0 Å². The van der Waals surface area contributed by atoms with Crippen LogP contribution < -0.4 is 0 Å². The molecule has 0 heterocycles. The van der Waals surface area contributed by atoms with E-state index in [-0.39, 0.29) is 40.1 Å². The van der Waals surface area contributed by atoms with Gasteiger partial charge in [0.15, 0.2) is 0 Å². The first kappa shape index (κ1) is 34.3. The summed E-state index contributed by atoms with van der Waals surface area (Å²) >= 11 is 0. The molecule has 0 fully saturated rings. The van der Waals surface area contributed by atoms with E-state index in [1.165, 1.54) is 22.3 Å². The fraction of sp³-hybridized carbons (Fsp3) is 0.296. The molecule has 0 unspecified atom stereocenters. The van der Waals surface area contributed by atoms with Crippen molar-refractivity contribution in [3.63, 3.8) is 0 Å². The Kier molecular flexibility index (Phi) is 31.5. The maximum absolute atomic E-state index is 2.18. The smallest absolute Gasteiger partial charge is 0 e. The van der Waals surface area contributed by atoms with E-state index in [1.807, 2.05) is 67.5 Å². The molecule has 153 valence electrons. The van der Waals surface area contributed by atoms with Crippen molar-refractivity contribution in [2.45, 2.75) is 55.4 Å². The molecule has 0 nitrogen and oxygen atoms in total. The summed E-state index contributed by atoms with van der Waals surface area (Å²) in [5.41, 5.74) is 5.04. The molecule has 0 saturated heterocycles. The summed E-state index contributed by atoms with van der Waals surface area (Å²) in [6, 6.07) is 29.6. The Labute approximate surface area is 201 Å². The first-order valence-electron chi connectivity index (χ1n) is 10.1. The Hall–Kier alpha value is -1.24. The van der Waals surface area contributed by atoms with E-state index in [0.717, 1.165) is 0 Å². The third kappa shape index (κ3) is 13.0. The molecule has 0 bridgehead atoms. The van der Waals surface area contributed by atoms with Gasteiger partial charge in [-0.05, 0) is 22.3 Å². The van der Waals surface area contributed by atoms with Crippen molar-refractivity contribution < 1.29 is 32.7 Å². The van der Waals surface area contributed by atoms with Gasteiger partial charge in [-0.15, -0.1) is 0 Å². The number of hydrogen-bond donors (Lipinski definition) is 0. The average Bonchev–Trinajstić information content (AvgIpc) is 2.80. The molecule has 0 spiro atoms. The summed E-state index contributed by atoms with van der Waals surface area (Å²) in [5.74, 6) is 0. The molecule has 0 aliphatic carbocycles. The van der Waals surface area contributed by atoms with Gasteiger partial charge in [-0.3, -0.25) is 0 Å². The second kappa shape index (κ2) is 25.8. The normalized spacial score (nSPS) is 7.43. The topological polar surface area (TPSA) is 0 Å². The third-order valence-electron chi connectivity index (χ3n) is 3.10. The number of benzene rings is 3. The van der Waals surface area contributed by atoms with Crippen LogP contribution in [0.2, 0.25) is 0 Å². The number of rotatable bonds is 2. The van der Waals surface area contributed by atoms with Gasteiger partial charge in [-0.2, -0.15) is 0 Å². The van der Waals surface area contributed by atoms with Crippen LogP contribution >= 0.6 is 0 Å². The Balaban J connectivity index is -0.000000258. The number of hydrogen-bond acceptors (Lipinski definition) is 0. The average molecular weight is 455 g/mol. The first-order valence-corrected chi connectivity index (χ1v) is 10.1. The Bertz CT molecular complexity index is 555. The van der Waals surface area contributed by atoms with Crippen molar-refractivity contribution in [2.24, 2.45) is 0 Å². The molecule has 0 aliphatic rings. The van der Waals surface area contributed by atoms with Gasteiger partial charge in [0, 0.05) is 32.7 Å². The van der Waals surface area contributed by atoms with Crippen LogP contribution in [0.1, 0.15) is 55.4 Å². The molecule has 1 heteroatoms. The predicted molar refractivity (Wildman–Crippen MR) is 129 cm³/mol. The maximum Gasteiger partial charge on any atom is 0 e. The molecular formula is C27H41Y-. The van der Waals surface area contributed by atoms with Crippen LogP contribution in [0.4, 0.5) is 0 Å². The van der Waals surface area contributed by atoms with Crippen molar-refractivity contribution in [1.29, 1.82) is 0 Å². The zero-order valence-corrected chi connectivity index (χ0v) is 22.5. The molecule has 3 aromatic carbocycles. The van der Waals surface area contributed by atoms with Crippen LogP contribution in [0.3, 0.4) is 0 Å². The first-order chi connectivity index (χ1) is 12.9. The maximum atomic E-state index is 2.18. The van der Waals surface area contributed by atoms with Crippen molar-refractivity contribution in [3.05, 3.63) is 92.4 Å². The van der Waals surface area contributed by atoms with Crippen LogP contribution in [0.15, 0.2) is 84.9 Å². The fourth-order valence-corrected chi connectivity index (χ4v) is 2.12. The molecule has 0 N–H and O–H groups in total. The summed E-state index contributed by atoms with van der Waals surface area (Å²) < 4.78 is 0.